The number of rotatable bonds is 5. The zero-order valence-electron chi connectivity index (χ0n) is 10.6. The highest BCUT2D eigenvalue weighted by molar-refractivity contribution is 5.20. The van der Waals surface area contributed by atoms with Crippen LogP contribution in [-0.4, -0.2) is 20.1 Å². The van der Waals surface area contributed by atoms with Gasteiger partial charge in [0.15, 0.2) is 0 Å². The lowest BCUT2D eigenvalue weighted by Crippen LogP contribution is -2.11. The summed E-state index contributed by atoms with van der Waals surface area (Å²) in [7, 11) is 0. The van der Waals surface area contributed by atoms with Crippen LogP contribution in [0.1, 0.15) is 30.7 Å². The third-order valence-electron chi connectivity index (χ3n) is 2.78. The second kappa shape index (κ2) is 5.88. The molecule has 0 saturated heterocycles. The predicted octanol–water partition coefficient (Wildman–Crippen LogP) is 2.24. The predicted molar refractivity (Wildman–Crippen MR) is 65.3 cm³/mol. The van der Waals surface area contributed by atoms with Crippen LogP contribution in [0.5, 0.6) is 0 Å². The first-order valence-electron chi connectivity index (χ1n) is 6.11. The van der Waals surface area contributed by atoms with Crippen molar-refractivity contribution < 1.29 is 13.9 Å². The summed E-state index contributed by atoms with van der Waals surface area (Å²) in [6.07, 6.45) is 1.56. The van der Waals surface area contributed by atoms with Gasteiger partial charge in [-0.25, -0.2) is 13.5 Å². The molecule has 1 N–H and O–H groups in total. The number of halogens is 2. The molecular formula is C13H15F2N3O. The van der Waals surface area contributed by atoms with Gasteiger partial charge in [0.2, 0.25) is 0 Å². The topological polar surface area (TPSA) is 50.9 Å². The fraction of sp³-hybridized carbons (Fsp3) is 0.385. The van der Waals surface area contributed by atoms with Crippen LogP contribution < -0.4 is 0 Å². The molecule has 0 aliphatic rings. The van der Waals surface area contributed by atoms with Crippen molar-refractivity contribution in [3.8, 4) is 0 Å². The van der Waals surface area contributed by atoms with Crippen molar-refractivity contribution in [1.82, 2.24) is 15.0 Å². The van der Waals surface area contributed by atoms with Crippen molar-refractivity contribution >= 4 is 0 Å². The van der Waals surface area contributed by atoms with Crippen molar-refractivity contribution in [3.05, 3.63) is 47.3 Å². The number of aliphatic hydroxyl groups is 1. The number of nitrogens with zero attached hydrogens (tertiary/aromatic N) is 3. The first kappa shape index (κ1) is 13.6. The standard InChI is InChI=1S/C13H15F2N3O/c1-2-3-18-12(8-16-17-18)13(19)6-9-4-10(14)7-11(15)5-9/h4-5,7-8,13,19H,2-3,6H2,1H3. The van der Waals surface area contributed by atoms with E-state index in [1.165, 1.54) is 18.3 Å². The van der Waals surface area contributed by atoms with Crippen LogP contribution in [0.3, 0.4) is 0 Å². The van der Waals surface area contributed by atoms with E-state index in [0.717, 1.165) is 12.5 Å². The van der Waals surface area contributed by atoms with Crippen LogP contribution in [-0.2, 0) is 13.0 Å². The molecule has 2 aromatic rings. The van der Waals surface area contributed by atoms with Gasteiger partial charge in [-0.05, 0) is 24.1 Å². The van der Waals surface area contributed by atoms with Crippen molar-refractivity contribution in [1.29, 1.82) is 0 Å². The smallest absolute Gasteiger partial charge is 0.126 e. The van der Waals surface area contributed by atoms with Crippen LogP contribution >= 0.6 is 0 Å². The first-order valence-corrected chi connectivity index (χ1v) is 6.11. The largest absolute Gasteiger partial charge is 0.386 e. The Hall–Kier alpha value is -1.82. The van der Waals surface area contributed by atoms with Crippen molar-refractivity contribution in [2.24, 2.45) is 0 Å². The van der Waals surface area contributed by atoms with Crippen molar-refractivity contribution in [3.63, 3.8) is 0 Å². The average Bonchev–Trinajstić information content (AvgIpc) is 2.76. The summed E-state index contributed by atoms with van der Waals surface area (Å²) in [6.45, 7) is 2.63. The van der Waals surface area contributed by atoms with Crippen LogP contribution in [0.2, 0.25) is 0 Å². The number of aromatic nitrogens is 3. The lowest BCUT2D eigenvalue weighted by molar-refractivity contribution is 0.166. The van der Waals surface area contributed by atoms with E-state index in [2.05, 4.69) is 10.3 Å². The molecule has 102 valence electrons. The van der Waals surface area contributed by atoms with Crippen molar-refractivity contribution in [2.45, 2.75) is 32.4 Å². The van der Waals surface area contributed by atoms with E-state index in [1.807, 2.05) is 6.92 Å². The van der Waals surface area contributed by atoms with E-state index in [9.17, 15) is 13.9 Å². The van der Waals surface area contributed by atoms with E-state index in [-0.39, 0.29) is 6.42 Å². The molecule has 0 saturated carbocycles. The Kier molecular flexibility index (Phi) is 4.21. The number of hydrogen-bond acceptors (Lipinski definition) is 3. The zero-order valence-corrected chi connectivity index (χ0v) is 10.6. The second-order valence-electron chi connectivity index (χ2n) is 4.38. The third-order valence-corrected chi connectivity index (χ3v) is 2.78. The first-order chi connectivity index (χ1) is 9.10. The maximum atomic E-state index is 13.1. The summed E-state index contributed by atoms with van der Waals surface area (Å²) in [5.74, 6) is -1.30. The Balaban J connectivity index is 2.15. The SMILES string of the molecule is CCCn1nncc1C(O)Cc1cc(F)cc(F)c1. The monoisotopic (exact) mass is 267 g/mol. The van der Waals surface area contributed by atoms with Gasteiger partial charge >= 0.3 is 0 Å². The molecule has 0 aliphatic heterocycles. The maximum absolute atomic E-state index is 13.1. The Morgan fingerprint density at radius 1 is 1.26 bits per heavy atom. The van der Waals surface area contributed by atoms with Gasteiger partial charge in [-0.3, -0.25) is 0 Å². The summed E-state index contributed by atoms with van der Waals surface area (Å²) in [5.41, 5.74) is 0.945. The van der Waals surface area contributed by atoms with E-state index in [4.69, 9.17) is 0 Å². The highest BCUT2D eigenvalue weighted by atomic mass is 19.1. The fourth-order valence-corrected chi connectivity index (χ4v) is 1.97. The highest BCUT2D eigenvalue weighted by Crippen LogP contribution is 2.19. The molecule has 6 heteroatoms. The van der Waals surface area contributed by atoms with Crippen LogP contribution in [0.25, 0.3) is 0 Å². The minimum Gasteiger partial charge on any atom is -0.386 e. The van der Waals surface area contributed by atoms with Crippen LogP contribution in [0.4, 0.5) is 8.78 Å². The normalized spacial score (nSPS) is 12.6. The number of aliphatic hydroxyl groups excluding tert-OH is 1. The number of aryl methyl sites for hydroxylation is 1. The molecule has 0 spiro atoms. The summed E-state index contributed by atoms with van der Waals surface area (Å²) in [5, 5.41) is 17.7. The minimum absolute atomic E-state index is 0.117. The third kappa shape index (κ3) is 3.35. The molecule has 0 aliphatic carbocycles. The van der Waals surface area contributed by atoms with E-state index < -0.39 is 17.7 Å². The summed E-state index contributed by atoms with van der Waals surface area (Å²) >= 11 is 0. The molecule has 0 amide bonds. The molecule has 19 heavy (non-hydrogen) atoms. The molecule has 1 aromatic heterocycles. The van der Waals surface area contributed by atoms with Crippen LogP contribution in [0, 0.1) is 11.6 Å². The molecule has 1 atom stereocenters. The molecule has 1 unspecified atom stereocenters. The van der Waals surface area contributed by atoms with Crippen LogP contribution in [0.15, 0.2) is 24.4 Å². The minimum atomic E-state index is -0.886. The quantitative estimate of drug-likeness (QED) is 0.904. The Labute approximate surface area is 109 Å². The molecular weight excluding hydrogens is 252 g/mol. The number of hydrogen-bond donors (Lipinski definition) is 1. The van der Waals surface area contributed by atoms with E-state index in [1.54, 1.807) is 4.68 Å². The van der Waals surface area contributed by atoms with Gasteiger partial charge in [0.05, 0.1) is 11.9 Å². The van der Waals surface area contributed by atoms with Gasteiger partial charge in [-0.2, -0.15) is 0 Å². The molecule has 1 aromatic carbocycles. The molecule has 4 nitrogen and oxygen atoms in total. The summed E-state index contributed by atoms with van der Waals surface area (Å²) in [6, 6.07) is 3.22. The Bertz CT molecular complexity index is 536. The van der Waals surface area contributed by atoms with E-state index in [0.29, 0.717) is 17.8 Å². The van der Waals surface area contributed by atoms with Gasteiger partial charge in [0.25, 0.3) is 0 Å². The molecule has 0 bridgehead atoms. The van der Waals surface area contributed by atoms with Gasteiger partial charge < -0.3 is 5.11 Å². The molecule has 0 fully saturated rings. The average molecular weight is 267 g/mol. The fourth-order valence-electron chi connectivity index (χ4n) is 1.97. The lowest BCUT2D eigenvalue weighted by atomic mass is 10.1. The number of benzene rings is 1. The second-order valence-corrected chi connectivity index (χ2v) is 4.38. The Morgan fingerprint density at radius 3 is 2.58 bits per heavy atom. The van der Waals surface area contributed by atoms with Crippen molar-refractivity contribution in [2.75, 3.05) is 0 Å². The van der Waals surface area contributed by atoms with Gasteiger partial charge in [-0.1, -0.05) is 12.1 Å². The molecule has 0 radical (unpaired) electrons. The lowest BCUT2D eigenvalue weighted by Gasteiger charge is -2.12. The zero-order chi connectivity index (χ0) is 13.8. The van der Waals surface area contributed by atoms with E-state index >= 15 is 0 Å². The highest BCUT2D eigenvalue weighted by Gasteiger charge is 2.15. The Morgan fingerprint density at radius 2 is 1.95 bits per heavy atom. The summed E-state index contributed by atoms with van der Waals surface area (Å²) in [4.78, 5) is 0. The summed E-state index contributed by atoms with van der Waals surface area (Å²) < 4.78 is 27.7. The molecule has 2 rings (SSSR count). The maximum Gasteiger partial charge on any atom is 0.126 e. The van der Waals surface area contributed by atoms with Gasteiger partial charge in [-0.15, -0.1) is 5.10 Å². The van der Waals surface area contributed by atoms with Gasteiger partial charge in [0, 0.05) is 19.0 Å². The van der Waals surface area contributed by atoms with Gasteiger partial charge in [0.1, 0.15) is 17.7 Å². The molecule has 1 heterocycles.